The van der Waals surface area contributed by atoms with Crippen LogP contribution in [0.4, 0.5) is 0 Å². The van der Waals surface area contributed by atoms with Crippen LogP contribution >= 0.6 is 0 Å². The summed E-state index contributed by atoms with van der Waals surface area (Å²) in [6.45, 7) is 11.0. The SMILES string of the molecule is COCCOCCOCCc1n[nH]cc1B1OC(C)(C)C(C)(C)O1. The number of aromatic nitrogens is 2. The van der Waals surface area contributed by atoms with Gasteiger partial charge in [0.15, 0.2) is 0 Å². The Bertz CT molecular complexity index is 490. The number of ether oxygens (including phenoxy) is 3. The molecule has 0 bridgehead atoms. The number of hydrogen-bond donors (Lipinski definition) is 1. The molecule has 0 aromatic carbocycles. The highest BCUT2D eigenvalue weighted by molar-refractivity contribution is 6.62. The van der Waals surface area contributed by atoms with E-state index in [-0.39, 0.29) is 11.2 Å². The molecule has 24 heavy (non-hydrogen) atoms. The fraction of sp³-hybridized carbons (Fsp3) is 0.812. The summed E-state index contributed by atoms with van der Waals surface area (Å²) in [7, 11) is 1.25. The molecule has 1 N–H and O–H groups in total. The normalized spacial score (nSPS) is 19.1. The van der Waals surface area contributed by atoms with Crippen molar-refractivity contribution < 1.29 is 23.5 Å². The molecule has 0 spiro atoms. The summed E-state index contributed by atoms with van der Waals surface area (Å²) in [6, 6.07) is 0. The Morgan fingerprint density at radius 1 is 1.00 bits per heavy atom. The Balaban J connectivity index is 1.76. The van der Waals surface area contributed by atoms with Crippen LogP contribution in [0.15, 0.2) is 6.20 Å². The molecule has 0 saturated carbocycles. The second-order valence-corrected chi connectivity index (χ2v) is 6.84. The average molecular weight is 340 g/mol. The molecule has 136 valence electrons. The van der Waals surface area contributed by atoms with Gasteiger partial charge in [0.1, 0.15) is 0 Å². The largest absolute Gasteiger partial charge is 0.498 e. The maximum Gasteiger partial charge on any atom is 0.498 e. The second kappa shape index (κ2) is 8.44. The van der Waals surface area contributed by atoms with Crippen LogP contribution in [0.2, 0.25) is 0 Å². The van der Waals surface area contributed by atoms with E-state index >= 15 is 0 Å². The lowest BCUT2D eigenvalue weighted by molar-refractivity contribution is 0.00578. The number of hydrogen-bond acceptors (Lipinski definition) is 6. The molecule has 0 amide bonds. The van der Waals surface area contributed by atoms with Gasteiger partial charge in [-0.15, -0.1) is 0 Å². The second-order valence-electron chi connectivity index (χ2n) is 6.84. The summed E-state index contributed by atoms with van der Waals surface area (Å²) in [5.41, 5.74) is 1.13. The molecule has 2 rings (SSSR count). The van der Waals surface area contributed by atoms with Gasteiger partial charge in [-0.25, -0.2) is 0 Å². The highest BCUT2D eigenvalue weighted by atomic mass is 16.7. The molecule has 1 aromatic heterocycles. The van der Waals surface area contributed by atoms with Crippen LogP contribution in [0.5, 0.6) is 0 Å². The fourth-order valence-electron chi connectivity index (χ4n) is 2.34. The van der Waals surface area contributed by atoms with E-state index in [2.05, 4.69) is 10.2 Å². The Hall–Kier alpha value is -0.925. The van der Waals surface area contributed by atoms with Crippen molar-refractivity contribution in [2.75, 3.05) is 40.1 Å². The van der Waals surface area contributed by atoms with Crippen LogP contribution in [0.25, 0.3) is 0 Å². The van der Waals surface area contributed by atoms with E-state index in [9.17, 15) is 0 Å². The number of rotatable bonds is 10. The van der Waals surface area contributed by atoms with Gasteiger partial charge in [-0.1, -0.05) is 0 Å². The van der Waals surface area contributed by atoms with Crippen molar-refractivity contribution in [3.05, 3.63) is 11.9 Å². The Morgan fingerprint density at radius 2 is 1.58 bits per heavy atom. The molecule has 0 aliphatic carbocycles. The molecule has 0 atom stereocenters. The van der Waals surface area contributed by atoms with Gasteiger partial charge in [-0.05, 0) is 27.7 Å². The lowest BCUT2D eigenvalue weighted by Crippen LogP contribution is -2.41. The van der Waals surface area contributed by atoms with Gasteiger partial charge >= 0.3 is 7.12 Å². The standard InChI is InChI=1S/C16H29BN2O5/c1-15(2)16(3,4)24-17(23-15)13-12-18-19-14(13)6-7-21-10-11-22-9-8-20-5/h12H,6-11H2,1-5H3,(H,18,19). The average Bonchev–Trinajstić information content (AvgIpc) is 3.04. The van der Waals surface area contributed by atoms with Crippen LogP contribution in [0.3, 0.4) is 0 Å². The Morgan fingerprint density at radius 3 is 2.21 bits per heavy atom. The van der Waals surface area contributed by atoms with E-state index in [1.54, 1.807) is 7.11 Å². The van der Waals surface area contributed by atoms with Gasteiger partial charge in [-0.3, -0.25) is 5.10 Å². The van der Waals surface area contributed by atoms with E-state index in [4.69, 9.17) is 23.5 Å². The predicted molar refractivity (Wildman–Crippen MR) is 91.5 cm³/mol. The van der Waals surface area contributed by atoms with Crippen molar-refractivity contribution in [2.24, 2.45) is 0 Å². The van der Waals surface area contributed by atoms with Crippen molar-refractivity contribution >= 4 is 12.6 Å². The molecular weight excluding hydrogens is 311 g/mol. The maximum absolute atomic E-state index is 6.08. The first-order valence-electron chi connectivity index (χ1n) is 8.40. The van der Waals surface area contributed by atoms with Crippen molar-refractivity contribution in [3.8, 4) is 0 Å². The lowest BCUT2D eigenvalue weighted by atomic mass is 9.79. The lowest BCUT2D eigenvalue weighted by Gasteiger charge is -2.32. The number of nitrogens with one attached hydrogen (secondary N) is 1. The van der Waals surface area contributed by atoms with Gasteiger partial charge in [0.05, 0.1) is 49.9 Å². The molecule has 7 nitrogen and oxygen atoms in total. The molecule has 1 aliphatic rings. The molecule has 0 unspecified atom stereocenters. The minimum atomic E-state index is -0.402. The zero-order valence-electron chi connectivity index (χ0n) is 15.4. The topological polar surface area (TPSA) is 74.8 Å². The Labute approximate surface area is 144 Å². The first kappa shape index (κ1) is 19.4. The highest BCUT2D eigenvalue weighted by Crippen LogP contribution is 2.36. The smallest absolute Gasteiger partial charge is 0.399 e. The zero-order chi connectivity index (χ0) is 17.6. The third kappa shape index (κ3) is 4.80. The Kier molecular flexibility index (Phi) is 6.83. The zero-order valence-corrected chi connectivity index (χ0v) is 15.4. The molecule has 2 heterocycles. The van der Waals surface area contributed by atoms with Crippen LogP contribution < -0.4 is 5.46 Å². The third-order valence-electron chi connectivity index (χ3n) is 4.55. The van der Waals surface area contributed by atoms with Crippen molar-refractivity contribution in [1.82, 2.24) is 10.2 Å². The minimum absolute atomic E-state index is 0.359. The van der Waals surface area contributed by atoms with Crippen molar-refractivity contribution in [3.63, 3.8) is 0 Å². The maximum atomic E-state index is 6.08. The molecular formula is C16H29BN2O5. The highest BCUT2D eigenvalue weighted by Gasteiger charge is 2.52. The van der Waals surface area contributed by atoms with Crippen LogP contribution in [-0.4, -0.2) is 68.7 Å². The number of methoxy groups -OCH3 is 1. The van der Waals surface area contributed by atoms with Crippen molar-refractivity contribution in [2.45, 2.75) is 45.3 Å². The van der Waals surface area contributed by atoms with E-state index in [1.165, 1.54) is 0 Å². The number of nitrogens with zero attached hydrogens (tertiary/aromatic N) is 1. The van der Waals surface area contributed by atoms with E-state index in [0.717, 1.165) is 11.2 Å². The summed E-state index contributed by atoms with van der Waals surface area (Å²) in [6.07, 6.45) is 2.53. The molecule has 1 aromatic rings. The first-order valence-corrected chi connectivity index (χ1v) is 8.40. The molecule has 1 saturated heterocycles. The van der Waals surface area contributed by atoms with E-state index < -0.39 is 7.12 Å². The molecule has 1 aliphatic heterocycles. The third-order valence-corrected chi connectivity index (χ3v) is 4.55. The summed E-state index contributed by atoms with van der Waals surface area (Å²) >= 11 is 0. The van der Waals surface area contributed by atoms with E-state index in [0.29, 0.717) is 39.5 Å². The summed E-state index contributed by atoms with van der Waals surface area (Å²) in [5.74, 6) is 0. The molecule has 0 radical (unpaired) electrons. The molecule has 1 fully saturated rings. The fourth-order valence-corrected chi connectivity index (χ4v) is 2.34. The number of aromatic amines is 1. The summed E-state index contributed by atoms with van der Waals surface area (Å²) in [4.78, 5) is 0. The quantitative estimate of drug-likeness (QED) is 0.505. The summed E-state index contributed by atoms with van der Waals surface area (Å²) < 4.78 is 28.0. The van der Waals surface area contributed by atoms with Crippen molar-refractivity contribution in [1.29, 1.82) is 0 Å². The van der Waals surface area contributed by atoms with Crippen LogP contribution in [-0.2, 0) is 29.9 Å². The van der Waals surface area contributed by atoms with Gasteiger partial charge in [0, 0.05) is 25.2 Å². The van der Waals surface area contributed by atoms with Crippen LogP contribution in [0, 0.1) is 0 Å². The minimum Gasteiger partial charge on any atom is -0.399 e. The van der Waals surface area contributed by atoms with Gasteiger partial charge in [0.25, 0.3) is 0 Å². The number of H-pyrrole nitrogens is 1. The van der Waals surface area contributed by atoms with Gasteiger partial charge in [0.2, 0.25) is 0 Å². The summed E-state index contributed by atoms with van der Waals surface area (Å²) in [5, 5.41) is 7.20. The van der Waals surface area contributed by atoms with Gasteiger partial charge < -0.3 is 23.5 Å². The first-order chi connectivity index (χ1) is 11.4. The molecule has 8 heteroatoms. The monoisotopic (exact) mass is 340 g/mol. The van der Waals surface area contributed by atoms with Crippen LogP contribution in [0.1, 0.15) is 33.4 Å². The van der Waals surface area contributed by atoms with E-state index in [1.807, 2.05) is 33.9 Å². The predicted octanol–water partition coefficient (Wildman–Crippen LogP) is 0.931. The van der Waals surface area contributed by atoms with Gasteiger partial charge in [-0.2, -0.15) is 5.10 Å².